The molecule has 12 heteroatoms. The monoisotopic (exact) mass is 528 g/mol. The predicted molar refractivity (Wildman–Crippen MR) is 109 cm³/mol. The summed E-state index contributed by atoms with van der Waals surface area (Å²) in [6.07, 6.45) is 0. The van der Waals surface area contributed by atoms with Gasteiger partial charge in [-0.1, -0.05) is 15.9 Å². The van der Waals surface area contributed by atoms with Crippen LogP contribution >= 0.6 is 27.3 Å². The quantitative estimate of drug-likeness (QED) is 0.268. The number of aromatic nitrogens is 1. The number of hydrogen-bond acceptors (Lipinski definition) is 5. The Bertz CT molecular complexity index is 1000. The number of aliphatic hydroxyl groups is 1. The first-order valence-corrected chi connectivity index (χ1v) is 10.3. The van der Waals surface area contributed by atoms with E-state index in [0.717, 1.165) is 11.3 Å². The van der Waals surface area contributed by atoms with Gasteiger partial charge in [-0.25, -0.2) is 31.3 Å². The van der Waals surface area contributed by atoms with Gasteiger partial charge in [0.2, 0.25) is 0 Å². The third kappa shape index (κ3) is 7.64. The molecule has 3 N–H and O–H groups in total. The lowest BCUT2D eigenvalue weighted by molar-refractivity contribution is 0.101. The van der Waals surface area contributed by atoms with Crippen molar-refractivity contribution in [1.29, 1.82) is 0 Å². The lowest BCUT2D eigenvalue weighted by Gasteiger charge is -2.01. The molecule has 0 aliphatic heterocycles. The summed E-state index contributed by atoms with van der Waals surface area (Å²) in [5.41, 5.74) is 4.34. The number of carbonyl (C=O) groups is 1. The number of Topliss-reactive ketones (excluding diaryl/α,β-unsaturated/α-hetero) is 1. The van der Waals surface area contributed by atoms with Crippen LogP contribution in [-0.2, 0) is 0 Å². The molecule has 0 aliphatic carbocycles. The van der Waals surface area contributed by atoms with Gasteiger partial charge in [-0.2, -0.15) is 0 Å². The number of benzene rings is 2. The number of alkyl halides is 1. The number of aliphatic hydroxyl groups excluding tert-OH is 1. The van der Waals surface area contributed by atoms with Crippen molar-refractivity contribution < 1.29 is 36.2 Å². The highest BCUT2D eigenvalue weighted by atomic mass is 79.9. The van der Waals surface area contributed by atoms with Crippen molar-refractivity contribution >= 4 is 38.2 Å². The first-order chi connectivity index (χ1) is 14.5. The molecule has 4 nitrogen and oxygen atoms in total. The van der Waals surface area contributed by atoms with Crippen LogP contribution in [0.15, 0.2) is 29.6 Å². The number of rotatable bonds is 3. The van der Waals surface area contributed by atoms with Crippen molar-refractivity contribution in [3.05, 3.63) is 70.1 Å². The molecule has 0 saturated heterocycles. The van der Waals surface area contributed by atoms with Gasteiger partial charge < -0.3 is 10.8 Å². The Balaban J connectivity index is 0.000000278. The van der Waals surface area contributed by atoms with E-state index in [-0.39, 0.29) is 28.3 Å². The van der Waals surface area contributed by atoms with Gasteiger partial charge in [0.15, 0.2) is 10.9 Å². The Hall–Kier alpha value is -2.44. The number of nitrogen functional groups attached to an aromatic ring is 1. The normalized spacial score (nSPS) is 9.97. The number of ketones is 1. The van der Waals surface area contributed by atoms with Gasteiger partial charge >= 0.3 is 0 Å². The maximum Gasteiger partial charge on any atom is 0.180 e. The molecule has 0 fully saturated rings. The summed E-state index contributed by atoms with van der Waals surface area (Å²) in [5.74, 6) is -7.09. The average Bonchev–Trinajstić information content (AvgIpc) is 3.07. The highest BCUT2D eigenvalue weighted by Gasteiger charge is 2.17. The lowest BCUT2D eigenvalue weighted by Crippen LogP contribution is -2.07. The SMILES string of the molecule is CCO.Nc1nc(-c2c(F)cc(F)cc2F)cs1.O=C(CBr)c1c(F)cc(F)cc1F. The zero-order chi connectivity index (χ0) is 23.7. The van der Waals surface area contributed by atoms with E-state index in [4.69, 9.17) is 10.8 Å². The van der Waals surface area contributed by atoms with E-state index in [1.807, 2.05) is 0 Å². The third-order valence-electron chi connectivity index (χ3n) is 3.19. The number of thiazole rings is 1. The van der Waals surface area contributed by atoms with Gasteiger partial charge in [0.1, 0.15) is 34.9 Å². The number of anilines is 1. The molecule has 3 aromatic rings. The molecule has 0 atom stereocenters. The van der Waals surface area contributed by atoms with Crippen molar-refractivity contribution in [3.63, 3.8) is 0 Å². The number of nitrogens with zero attached hydrogens (tertiary/aromatic N) is 1. The molecule has 0 aliphatic rings. The molecule has 2 aromatic carbocycles. The molecule has 168 valence electrons. The third-order valence-corrected chi connectivity index (χ3v) is 4.38. The second-order valence-electron chi connectivity index (χ2n) is 5.43. The van der Waals surface area contributed by atoms with Gasteiger partial charge in [-0.3, -0.25) is 4.79 Å². The fourth-order valence-corrected chi connectivity index (χ4v) is 2.90. The van der Waals surface area contributed by atoms with Crippen LogP contribution < -0.4 is 5.73 Å². The molecular weight excluding hydrogens is 514 g/mol. The summed E-state index contributed by atoms with van der Waals surface area (Å²) in [4.78, 5) is 14.6. The molecule has 3 rings (SSSR count). The van der Waals surface area contributed by atoms with Crippen molar-refractivity contribution in [2.24, 2.45) is 0 Å². The van der Waals surface area contributed by atoms with Crippen LogP contribution in [0.4, 0.5) is 31.5 Å². The molecule has 0 radical (unpaired) electrons. The summed E-state index contributed by atoms with van der Waals surface area (Å²) in [6.45, 7) is 1.93. The first kappa shape index (κ1) is 26.6. The molecule has 0 saturated carbocycles. The van der Waals surface area contributed by atoms with Crippen LogP contribution in [0.1, 0.15) is 17.3 Å². The maximum atomic E-state index is 13.3. The van der Waals surface area contributed by atoms with Crippen LogP contribution in [0.2, 0.25) is 0 Å². The van der Waals surface area contributed by atoms with E-state index < -0.39 is 46.3 Å². The van der Waals surface area contributed by atoms with Crippen LogP contribution in [0.5, 0.6) is 0 Å². The minimum absolute atomic E-state index is 0.0764. The van der Waals surface area contributed by atoms with Crippen LogP contribution in [-0.4, -0.2) is 27.8 Å². The molecule has 0 bridgehead atoms. The lowest BCUT2D eigenvalue weighted by atomic mass is 10.1. The molecule has 0 unspecified atom stereocenters. The highest BCUT2D eigenvalue weighted by molar-refractivity contribution is 9.09. The smallest absolute Gasteiger partial charge is 0.180 e. The molecule has 0 spiro atoms. The van der Waals surface area contributed by atoms with Crippen LogP contribution in [0.25, 0.3) is 11.3 Å². The minimum atomic E-state index is -1.18. The molecule has 1 heterocycles. The van der Waals surface area contributed by atoms with Gasteiger partial charge in [-0.15, -0.1) is 11.3 Å². The molecule has 0 amide bonds. The second-order valence-corrected chi connectivity index (χ2v) is 6.88. The minimum Gasteiger partial charge on any atom is -0.397 e. The first-order valence-electron chi connectivity index (χ1n) is 8.26. The average molecular weight is 529 g/mol. The Morgan fingerprint density at radius 2 is 1.42 bits per heavy atom. The van der Waals surface area contributed by atoms with E-state index in [0.29, 0.717) is 24.3 Å². The standard InChI is InChI=1S/C9H5F3N2S.C8H4BrF3O.C2H6O/c10-4-1-5(11)8(6(12)2-4)7-3-15-9(13)14-7;9-3-7(13)8-5(11)1-4(10)2-6(8)12;1-2-3/h1-3H,(H2,13,14);1-2H,3H2;3H,2H2,1H3. The fraction of sp³-hybridized carbons (Fsp3) is 0.158. The van der Waals surface area contributed by atoms with E-state index in [1.165, 1.54) is 5.38 Å². The van der Waals surface area contributed by atoms with E-state index in [1.54, 1.807) is 6.92 Å². The zero-order valence-electron chi connectivity index (χ0n) is 15.7. The van der Waals surface area contributed by atoms with Gasteiger partial charge in [0.05, 0.1) is 22.2 Å². The summed E-state index contributed by atoms with van der Waals surface area (Å²) in [5, 5.41) is 8.98. The second kappa shape index (κ2) is 12.4. The number of nitrogens with two attached hydrogens (primary N) is 1. The Labute approximate surface area is 185 Å². The maximum absolute atomic E-state index is 13.3. The van der Waals surface area contributed by atoms with Crippen molar-refractivity contribution in [1.82, 2.24) is 4.98 Å². The van der Waals surface area contributed by atoms with Gasteiger partial charge in [0, 0.05) is 36.3 Å². The largest absolute Gasteiger partial charge is 0.397 e. The van der Waals surface area contributed by atoms with E-state index >= 15 is 0 Å². The van der Waals surface area contributed by atoms with E-state index in [2.05, 4.69) is 20.9 Å². The highest BCUT2D eigenvalue weighted by Crippen LogP contribution is 2.28. The zero-order valence-corrected chi connectivity index (χ0v) is 18.1. The number of halogens is 7. The topological polar surface area (TPSA) is 76.2 Å². The predicted octanol–water partition coefficient (Wildman–Crippen LogP) is 5.49. The summed E-state index contributed by atoms with van der Waals surface area (Å²) < 4.78 is 77.1. The summed E-state index contributed by atoms with van der Waals surface area (Å²) >= 11 is 3.82. The van der Waals surface area contributed by atoms with Gasteiger partial charge in [-0.05, 0) is 6.92 Å². The van der Waals surface area contributed by atoms with Crippen molar-refractivity contribution in [2.75, 3.05) is 17.7 Å². The number of hydrogen-bond donors (Lipinski definition) is 2. The Morgan fingerprint density at radius 1 is 1.00 bits per heavy atom. The summed E-state index contributed by atoms with van der Waals surface area (Å²) in [7, 11) is 0. The van der Waals surface area contributed by atoms with Crippen LogP contribution in [0.3, 0.4) is 0 Å². The van der Waals surface area contributed by atoms with Crippen LogP contribution in [0, 0.1) is 34.9 Å². The molecule has 31 heavy (non-hydrogen) atoms. The molecule has 1 aromatic heterocycles. The fourth-order valence-electron chi connectivity index (χ4n) is 2.06. The van der Waals surface area contributed by atoms with Crippen molar-refractivity contribution in [2.45, 2.75) is 6.92 Å². The number of carbonyl (C=O) groups excluding carboxylic acids is 1. The Kier molecular flexibility index (Phi) is 10.7. The summed E-state index contributed by atoms with van der Waals surface area (Å²) in [6, 6.07) is 2.15. The van der Waals surface area contributed by atoms with Crippen molar-refractivity contribution in [3.8, 4) is 11.3 Å². The molecular formula is C19H15BrF6N2O2S. The van der Waals surface area contributed by atoms with E-state index in [9.17, 15) is 31.1 Å². The van der Waals surface area contributed by atoms with Gasteiger partial charge in [0.25, 0.3) is 0 Å². The Morgan fingerprint density at radius 3 is 1.77 bits per heavy atom.